The highest BCUT2D eigenvalue weighted by atomic mass is 16.5. The quantitative estimate of drug-likeness (QED) is 0.486. The molecular weight excluding hydrogens is 116 g/mol. The zero-order valence-corrected chi connectivity index (χ0v) is 4.72. The molecule has 0 atom stereocenters. The Labute approximate surface area is 52.7 Å². The standard InChI is InChI=1S/C6H6N2O/c1-2-5-6(9-3-1)4-7-8-5/h1-4,7-8H. The third kappa shape index (κ3) is 0.579. The molecule has 0 aromatic heterocycles. The maximum atomic E-state index is 5.09. The van der Waals surface area contributed by atoms with Crippen molar-refractivity contribution in [1.29, 1.82) is 0 Å². The Balaban J connectivity index is 2.37. The average Bonchev–Trinajstić information content (AvgIpc) is 2.33. The largest absolute Gasteiger partial charge is 0.461 e. The molecule has 0 amide bonds. The highest BCUT2D eigenvalue weighted by Crippen LogP contribution is 2.15. The van der Waals surface area contributed by atoms with Gasteiger partial charge in [0.2, 0.25) is 0 Å². The zero-order valence-electron chi connectivity index (χ0n) is 4.72. The van der Waals surface area contributed by atoms with Crippen molar-refractivity contribution >= 4 is 0 Å². The maximum Gasteiger partial charge on any atom is 0.168 e. The third-order valence-electron chi connectivity index (χ3n) is 1.21. The van der Waals surface area contributed by atoms with Gasteiger partial charge in [0, 0.05) is 0 Å². The van der Waals surface area contributed by atoms with Crippen LogP contribution in [-0.4, -0.2) is 0 Å². The van der Waals surface area contributed by atoms with E-state index in [-0.39, 0.29) is 0 Å². The number of ether oxygens (including phenoxy) is 1. The van der Waals surface area contributed by atoms with Crippen LogP contribution in [0.2, 0.25) is 0 Å². The molecule has 0 aromatic rings. The number of rotatable bonds is 0. The Morgan fingerprint density at radius 3 is 3.33 bits per heavy atom. The lowest BCUT2D eigenvalue weighted by molar-refractivity contribution is 0.357. The summed E-state index contributed by atoms with van der Waals surface area (Å²) in [6.45, 7) is 0. The summed E-state index contributed by atoms with van der Waals surface area (Å²) in [4.78, 5) is 0. The number of nitrogens with one attached hydrogen (secondary N) is 2. The van der Waals surface area contributed by atoms with Crippen LogP contribution < -0.4 is 10.9 Å². The lowest BCUT2D eigenvalue weighted by Gasteiger charge is -2.05. The highest BCUT2D eigenvalue weighted by molar-refractivity contribution is 5.33. The Hall–Kier alpha value is -1.38. The van der Waals surface area contributed by atoms with E-state index in [2.05, 4.69) is 10.9 Å². The van der Waals surface area contributed by atoms with E-state index < -0.39 is 0 Å². The van der Waals surface area contributed by atoms with Crippen LogP contribution in [-0.2, 0) is 4.74 Å². The van der Waals surface area contributed by atoms with E-state index in [1.165, 1.54) is 0 Å². The van der Waals surface area contributed by atoms with Gasteiger partial charge in [0.25, 0.3) is 0 Å². The summed E-state index contributed by atoms with van der Waals surface area (Å²) in [6.07, 6.45) is 7.20. The molecule has 2 N–H and O–H groups in total. The highest BCUT2D eigenvalue weighted by Gasteiger charge is 2.11. The Bertz CT molecular complexity index is 215. The fourth-order valence-corrected chi connectivity index (χ4v) is 0.788. The van der Waals surface area contributed by atoms with Crippen LogP contribution in [0.1, 0.15) is 0 Å². The van der Waals surface area contributed by atoms with Crippen molar-refractivity contribution in [2.24, 2.45) is 0 Å². The molecule has 2 rings (SSSR count). The Kier molecular flexibility index (Phi) is 0.773. The number of hydrogen-bond donors (Lipinski definition) is 2. The van der Waals surface area contributed by atoms with E-state index in [4.69, 9.17) is 4.74 Å². The van der Waals surface area contributed by atoms with E-state index in [0.29, 0.717) is 0 Å². The van der Waals surface area contributed by atoms with Gasteiger partial charge < -0.3 is 10.2 Å². The second kappa shape index (κ2) is 1.55. The second-order valence-corrected chi connectivity index (χ2v) is 1.80. The molecule has 0 aromatic carbocycles. The summed E-state index contributed by atoms with van der Waals surface area (Å²) in [6, 6.07) is 0. The number of hydrogen-bond acceptors (Lipinski definition) is 3. The molecule has 2 heterocycles. The number of fused-ring (bicyclic) bond motifs is 1. The lowest BCUT2D eigenvalue weighted by atomic mass is 10.3. The summed E-state index contributed by atoms with van der Waals surface area (Å²) >= 11 is 0. The molecule has 0 aliphatic carbocycles. The monoisotopic (exact) mass is 122 g/mol. The predicted octanol–water partition coefficient (Wildman–Crippen LogP) is 0.363. The minimum atomic E-state index is 0.845. The number of hydrazine groups is 1. The van der Waals surface area contributed by atoms with Gasteiger partial charge in [-0.1, -0.05) is 0 Å². The molecule has 0 bridgehead atoms. The maximum absolute atomic E-state index is 5.09. The van der Waals surface area contributed by atoms with Crippen molar-refractivity contribution in [2.45, 2.75) is 0 Å². The van der Waals surface area contributed by atoms with E-state index >= 15 is 0 Å². The van der Waals surface area contributed by atoms with Gasteiger partial charge in [-0.2, -0.15) is 0 Å². The van der Waals surface area contributed by atoms with Crippen LogP contribution in [0.4, 0.5) is 0 Å². The SMILES string of the molecule is C1=COC2=CNNC2=C1. The normalized spacial score (nSPS) is 20.4. The third-order valence-corrected chi connectivity index (χ3v) is 1.21. The van der Waals surface area contributed by atoms with Crippen LogP contribution in [0, 0.1) is 0 Å². The molecule has 0 saturated carbocycles. The van der Waals surface area contributed by atoms with Gasteiger partial charge in [0.05, 0.1) is 18.2 Å². The fourth-order valence-electron chi connectivity index (χ4n) is 0.788. The van der Waals surface area contributed by atoms with Crippen LogP contribution in [0.5, 0.6) is 0 Å². The van der Waals surface area contributed by atoms with E-state index in [1.807, 2.05) is 12.2 Å². The minimum Gasteiger partial charge on any atom is -0.461 e. The molecule has 3 heteroatoms. The molecular formula is C6H6N2O. The van der Waals surface area contributed by atoms with Gasteiger partial charge in [-0.05, 0) is 12.2 Å². The molecule has 46 valence electrons. The molecule has 0 radical (unpaired) electrons. The molecule has 0 unspecified atom stereocenters. The van der Waals surface area contributed by atoms with Crippen molar-refractivity contribution in [1.82, 2.24) is 10.9 Å². The van der Waals surface area contributed by atoms with E-state index in [1.54, 1.807) is 12.5 Å². The summed E-state index contributed by atoms with van der Waals surface area (Å²) in [7, 11) is 0. The van der Waals surface area contributed by atoms with E-state index in [0.717, 1.165) is 11.5 Å². The van der Waals surface area contributed by atoms with Crippen molar-refractivity contribution in [2.75, 3.05) is 0 Å². The van der Waals surface area contributed by atoms with Gasteiger partial charge >= 0.3 is 0 Å². The molecule has 0 fully saturated rings. The van der Waals surface area contributed by atoms with Crippen molar-refractivity contribution in [3.05, 3.63) is 36.1 Å². The molecule has 0 saturated heterocycles. The summed E-state index contributed by atoms with van der Waals surface area (Å²) in [5.74, 6) is 0.845. The van der Waals surface area contributed by atoms with Gasteiger partial charge in [0.1, 0.15) is 0 Å². The first-order valence-electron chi connectivity index (χ1n) is 2.72. The smallest absolute Gasteiger partial charge is 0.168 e. The summed E-state index contributed by atoms with van der Waals surface area (Å²) in [5, 5.41) is 0. The lowest BCUT2D eigenvalue weighted by Crippen LogP contribution is -2.19. The second-order valence-electron chi connectivity index (χ2n) is 1.80. The first kappa shape index (κ1) is 4.49. The van der Waals surface area contributed by atoms with Gasteiger partial charge in [0.15, 0.2) is 5.76 Å². The fraction of sp³-hybridized carbons (Fsp3) is 0. The molecule has 3 nitrogen and oxygen atoms in total. The Morgan fingerprint density at radius 1 is 1.44 bits per heavy atom. The zero-order chi connectivity index (χ0) is 6.10. The molecule has 9 heavy (non-hydrogen) atoms. The summed E-state index contributed by atoms with van der Waals surface area (Å²) in [5.41, 5.74) is 6.70. The first-order chi connectivity index (χ1) is 4.47. The molecule has 2 aliphatic rings. The van der Waals surface area contributed by atoms with Crippen LogP contribution in [0.15, 0.2) is 36.1 Å². The minimum absolute atomic E-state index is 0.845. The summed E-state index contributed by atoms with van der Waals surface area (Å²) < 4.78 is 5.09. The van der Waals surface area contributed by atoms with Crippen molar-refractivity contribution in [3.63, 3.8) is 0 Å². The topological polar surface area (TPSA) is 33.3 Å². The Morgan fingerprint density at radius 2 is 2.44 bits per heavy atom. The van der Waals surface area contributed by atoms with Gasteiger partial charge in [-0.25, -0.2) is 0 Å². The molecule has 0 spiro atoms. The predicted molar refractivity (Wildman–Crippen MR) is 32.7 cm³/mol. The first-order valence-corrected chi connectivity index (χ1v) is 2.72. The average molecular weight is 122 g/mol. The van der Waals surface area contributed by atoms with Crippen LogP contribution in [0.25, 0.3) is 0 Å². The van der Waals surface area contributed by atoms with Gasteiger partial charge in [-0.15, -0.1) is 0 Å². The van der Waals surface area contributed by atoms with Crippen LogP contribution >= 0.6 is 0 Å². The number of allylic oxidation sites excluding steroid dienone is 2. The molecule has 2 aliphatic heterocycles. The van der Waals surface area contributed by atoms with Crippen molar-refractivity contribution in [3.8, 4) is 0 Å². The van der Waals surface area contributed by atoms with Gasteiger partial charge in [-0.3, -0.25) is 5.43 Å². The van der Waals surface area contributed by atoms with E-state index in [9.17, 15) is 0 Å². The van der Waals surface area contributed by atoms with Crippen molar-refractivity contribution < 1.29 is 4.74 Å². The van der Waals surface area contributed by atoms with Crippen LogP contribution in [0.3, 0.4) is 0 Å².